The van der Waals surface area contributed by atoms with E-state index in [0.717, 1.165) is 6.42 Å². The zero-order chi connectivity index (χ0) is 11.2. The van der Waals surface area contributed by atoms with Crippen LogP contribution < -0.4 is 0 Å². The van der Waals surface area contributed by atoms with E-state index in [-0.39, 0.29) is 6.61 Å². The summed E-state index contributed by atoms with van der Waals surface area (Å²) in [7, 11) is -1.32. The van der Waals surface area contributed by atoms with Crippen molar-refractivity contribution < 1.29 is 5.11 Å². The average Bonchev–Trinajstić information content (AvgIpc) is 2.17. The van der Waals surface area contributed by atoms with Gasteiger partial charge in [-0.3, -0.25) is 0 Å². The highest BCUT2D eigenvalue weighted by molar-refractivity contribution is 6.85. The fourth-order valence-electron chi connectivity index (χ4n) is 1.50. The van der Waals surface area contributed by atoms with Gasteiger partial charge in [-0.1, -0.05) is 55.9 Å². The second-order valence-electron chi connectivity index (χ2n) is 4.32. The number of hydrogen-bond donors (Lipinski definition) is 1. The van der Waals surface area contributed by atoms with Gasteiger partial charge in [0.25, 0.3) is 0 Å². The van der Waals surface area contributed by atoms with Gasteiger partial charge in [-0.05, 0) is 13.3 Å². The van der Waals surface area contributed by atoms with Crippen molar-refractivity contribution in [2.24, 2.45) is 0 Å². The predicted octanol–water partition coefficient (Wildman–Crippen LogP) is 3.53. The third-order valence-electron chi connectivity index (χ3n) is 3.20. The van der Waals surface area contributed by atoms with Gasteiger partial charge in [0.2, 0.25) is 0 Å². The minimum atomic E-state index is -1.32. The second kappa shape index (κ2) is 6.20. The van der Waals surface area contributed by atoms with Crippen molar-refractivity contribution in [3.05, 3.63) is 23.4 Å². The van der Waals surface area contributed by atoms with Gasteiger partial charge in [0.1, 0.15) is 0 Å². The summed E-state index contributed by atoms with van der Waals surface area (Å²) in [6.07, 6.45) is 3.11. The van der Waals surface area contributed by atoms with Crippen LogP contribution in [0.4, 0.5) is 0 Å². The maximum absolute atomic E-state index is 9.37. The van der Waals surface area contributed by atoms with Crippen LogP contribution >= 0.6 is 0 Å². The predicted molar refractivity (Wildman–Crippen MR) is 67.2 cm³/mol. The number of aliphatic hydroxyl groups is 1. The fraction of sp³-hybridized carbons (Fsp3) is 0.667. The molecule has 0 aromatic rings. The van der Waals surface area contributed by atoms with Crippen molar-refractivity contribution in [1.82, 2.24) is 0 Å². The highest BCUT2D eigenvalue weighted by atomic mass is 28.3. The quantitative estimate of drug-likeness (QED) is 0.527. The van der Waals surface area contributed by atoms with Crippen molar-refractivity contribution in [2.75, 3.05) is 6.61 Å². The molecule has 0 rings (SSSR count). The molecule has 0 heterocycles. The van der Waals surface area contributed by atoms with Gasteiger partial charge >= 0.3 is 0 Å². The van der Waals surface area contributed by atoms with Gasteiger partial charge in [-0.25, -0.2) is 0 Å². The smallest absolute Gasteiger partial charge is 0.0805 e. The van der Waals surface area contributed by atoms with Gasteiger partial charge in [0.15, 0.2) is 0 Å². The second-order valence-corrected chi connectivity index (χ2v) is 9.49. The first kappa shape index (κ1) is 13.7. The first-order valence-electron chi connectivity index (χ1n) is 5.45. The third kappa shape index (κ3) is 3.80. The summed E-state index contributed by atoms with van der Waals surface area (Å²) in [6, 6.07) is 2.43. The molecule has 0 radical (unpaired) electrons. The van der Waals surface area contributed by atoms with E-state index < -0.39 is 8.07 Å². The van der Waals surface area contributed by atoms with Crippen molar-refractivity contribution in [3.63, 3.8) is 0 Å². The fourth-order valence-corrected chi connectivity index (χ4v) is 3.89. The third-order valence-corrected chi connectivity index (χ3v) is 8.24. The van der Waals surface area contributed by atoms with Crippen molar-refractivity contribution in [2.45, 2.75) is 45.8 Å². The van der Waals surface area contributed by atoms with Gasteiger partial charge in [0, 0.05) is 0 Å². The van der Waals surface area contributed by atoms with Crippen LogP contribution in [-0.2, 0) is 0 Å². The topological polar surface area (TPSA) is 20.2 Å². The Morgan fingerprint density at radius 1 is 1.36 bits per heavy atom. The lowest BCUT2D eigenvalue weighted by Gasteiger charge is -2.27. The van der Waals surface area contributed by atoms with Crippen LogP contribution in [0.15, 0.2) is 23.4 Å². The molecule has 2 heteroatoms. The monoisotopic (exact) mass is 212 g/mol. The molecular formula is C12H24OSi. The molecule has 0 saturated carbocycles. The zero-order valence-electron chi connectivity index (χ0n) is 10.1. The molecule has 14 heavy (non-hydrogen) atoms. The molecule has 0 atom stereocenters. The summed E-state index contributed by atoms with van der Waals surface area (Å²) in [4.78, 5) is 0. The molecule has 0 bridgehead atoms. The molecule has 0 saturated heterocycles. The highest BCUT2D eigenvalue weighted by Gasteiger charge is 2.26. The first-order valence-corrected chi connectivity index (χ1v) is 8.36. The molecule has 0 spiro atoms. The number of hydrogen-bond acceptors (Lipinski definition) is 1. The molecular weight excluding hydrogens is 188 g/mol. The molecule has 0 aromatic heterocycles. The van der Waals surface area contributed by atoms with E-state index in [4.69, 9.17) is 0 Å². The van der Waals surface area contributed by atoms with Crippen molar-refractivity contribution in [1.29, 1.82) is 0 Å². The summed E-state index contributed by atoms with van der Waals surface area (Å²) in [5.41, 5.74) is 1.17. The van der Waals surface area contributed by atoms with Crippen molar-refractivity contribution in [3.8, 4) is 0 Å². The maximum atomic E-state index is 9.37. The van der Waals surface area contributed by atoms with E-state index in [1.165, 1.54) is 22.9 Å². The number of allylic oxidation sites excluding steroid dienone is 2. The minimum Gasteiger partial charge on any atom is -0.392 e. The molecule has 0 aliphatic carbocycles. The SMILES string of the molecule is C=C(C)C/C=C(/CO)[Si](C)(CC)CC. The number of aliphatic hydroxyl groups excluding tert-OH is 1. The standard InChI is InChI=1S/C12H24OSi/c1-6-14(5,7-2)12(10-13)9-8-11(3)4/h9,13H,3,6-8,10H2,1-2,4-5H3/b12-9-. The molecule has 0 aliphatic rings. The Bertz CT molecular complexity index is 214. The summed E-state index contributed by atoms with van der Waals surface area (Å²) < 4.78 is 0. The Morgan fingerprint density at radius 2 is 1.86 bits per heavy atom. The van der Waals surface area contributed by atoms with Crippen LogP contribution in [0.2, 0.25) is 18.6 Å². The Hall–Kier alpha value is -0.343. The minimum absolute atomic E-state index is 0.234. The van der Waals surface area contributed by atoms with E-state index in [9.17, 15) is 5.11 Å². The lowest BCUT2D eigenvalue weighted by molar-refractivity contribution is 0.336. The van der Waals surface area contributed by atoms with Gasteiger partial charge < -0.3 is 5.11 Å². The van der Waals surface area contributed by atoms with Crippen LogP contribution in [0.1, 0.15) is 27.2 Å². The molecule has 0 aromatic carbocycles. The molecule has 82 valence electrons. The first-order chi connectivity index (χ1) is 6.50. The van der Waals surface area contributed by atoms with E-state index >= 15 is 0 Å². The molecule has 0 aliphatic heterocycles. The maximum Gasteiger partial charge on any atom is 0.0805 e. The van der Waals surface area contributed by atoms with Gasteiger partial charge in [0.05, 0.1) is 14.7 Å². The molecule has 0 fully saturated rings. The van der Waals surface area contributed by atoms with Crippen LogP contribution in [-0.4, -0.2) is 19.8 Å². The van der Waals surface area contributed by atoms with Crippen LogP contribution in [0.25, 0.3) is 0 Å². The average molecular weight is 212 g/mol. The normalized spacial score (nSPS) is 13.1. The number of rotatable bonds is 6. The Kier molecular flexibility index (Phi) is 6.05. The molecule has 0 unspecified atom stereocenters. The molecule has 1 nitrogen and oxygen atoms in total. The lowest BCUT2D eigenvalue weighted by atomic mass is 10.2. The van der Waals surface area contributed by atoms with E-state index in [1.54, 1.807) is 0 Å². The van der Waals surface area contributed by atoms with Gasteiger partial charge in [-0.15, -0.1) is 0 Å². The van der Waals surface area contributed by atoms with Crippen LogP contribution in [0, 0.1) is 0 Å². The van der Waals surface area contributed by atoms with Crippen molar-refractivity contribution >= 4 is 8.07 Å². The largest absolute Gasteiger partial charge is 0.392 e. The Morgan fingerprint density at radius 3 is 2.14 bits per heavy atom. The Labute approximate surface area is 89.5 Å². The molecule has 1 N–H and O–H groups in total. The summed E-state index contributed by atoms with van der Waals surface area (Å²) in [5.74, 6) is 0. The van der Waals surface area contributed by atoms with Gasteiger partial charge in [-0.2, -0.15) is 0 Å². The van der Waals surface area contributed by atoms with E-state index in [2.05, 4.69) is 33.0 Å². The zero-order valence-corrected chi connectivity index (χ0v) is 11.1. The van der Waals surface area contributed by atoms with Crippen LogP contribution in [0.3, 0.4) is 0 Å². The lowest BCUT2D eigenvalue weighted by Crippen LogP contribution is -2.33. The molecule has 0 amide bonds. The summed E-state index contributed by atoms with van der Waals surface area (Å²) >= 11 is 0. The Balaban J connectivity index is 4.67. The summed E-state index contributed by atoms with van der Waals surface area (Å²) in [6.45, 7) is 13.0. The summed E-state index contributed by atoms with van der Waals surface area (Å²) in [5, 5.41) is 10.7. The van der Waals surface area contributed by atoms with E-state index in [0.29, 0.717) is 0 Å². The van der Waals surface area contributed by atoms with Crippen LogP contribution in [0.5, 0.6) is 0 Å². The van der Waals surface area contributed by atoms with E-state index in [1.807, 2.05) is 6.92 Å². The highest BCUT2D eigenvalue weighted by Crippen LogP contribution is 2.24.